The lowest BCUT2D eigenvalue weighted by Gasteiger charge is -1.96. The zero-order chi connectivity index (χ0) is 11.7. The fraction of sp³-hybridized carbons (Fsp3) is 0.308. The molecule has 1 fully saturated rings. The Morgan fingerprint density at radius 3 is 3.00 bits per heavy atom. The van der Waals surface area contributed by atoms with Crippen molar-refractivity contribution >= 4 is 11.6 Å². The highest BCUT2D eigenvalue weighted by Gasteiger charge is 2.20. The standard InChI is InChI=1S/C13H13ClN2O/c14-10-3-1-2-9(6-10)13-7-12(17-16-13)8-15-11-4-5-11/h1-3,6-7,11,15H,4-5,8H2. The largest absolute Gasteiger partial charge is 0.359 e. The quantitative estimate of drug-likeness (QED) is 0.903. The first-order chi connectivity index (χ1) is 8.31. The second kappa shape index (κ2) is 4.51. The minimum atomic E-state index is 0.676. The molecule has 1 N–H and O–H groups in total. The smallest absolute Gasteiger partial charge is 0.151 e. The van der Waals surface area contributed by atoms with Gasteiger partial charge in [-0.25, -0.2) is 0 Å². The summed E-state index contributed by atoms with van der Waals surface area (Å²) in [4.78, 5) is 0. The molecule has 1 aliphatic carbocycles. The van der Waals surface area contributed by atoms with Crippen molar-refractivity contribution in [1.29, 1.82) is 0 Å². The number of halogens is 1. The lowest BCUT2D eigenvalue weighted by Crippen LogP contribution is -2.14. The summed E-state index contributed by atoms with van der Waals surface area (Å²) in [5.41, 5.74) is 1.82. The van der Waals surface area contributed by atoms with Crippen LogP contribution in [0, 0.1) is 0 Å². The van der Waals surface area contributed by atoms with Gasteiger partial charge in [0.05, 0.1) is 6.54 Å². The van der Waals surface area contributed by atoms with Crippen LogP contribution < -0.4 is 5.32 Å². The maximum Gasteiger partial charge on any atom is 0.151 e. The summed E-state index contributed by atoms with van der Waals surface area (Å²) in [6, 6.07) is 10.3. The van der Waals surface area contributed by atoms with Crippen LogP contribution in [0.25, 0.3) is 11.3 Å². The van der Waals surface area contributed by atoms with Crippen molar-refractivity contribution in [3.63, 3.8) is 0 Å². The molecule has 3 nitrogen and oxygen atoms in total. The van der Waals surface area contributed by atoms with Crippen LogP contribution in [0.4, 0.5) is 0 Å². The molecule has 17 heavy (non-hydrogen) atoms. The summed E-state index contributed by atoms with van der Waals surface area (Å²) >= 11 is 5.94. The van der Waals surface area contributed by atoms with E-state index in [9.17, 15) is 0 Å². The summed E-state index contributed by atoms with van der Waals surface area (Å²) in [6.07, 6.45) is 2.55. The van der Waals surface area contributed by atoms with Gasteiger partial charge in [0, 0.05) is 22.7 Å². The zero-order valence-electron chi connectivity index (χ0n) is 9.32. The third kappa shape index (κ3) is 2.68. The van der Waals surface area contributed by atoms with Gasteiger partial charge in [0.25, 0.3) is 0 Å². The summed E-state index contributed by atoms with van der Waals surface area (Å²) in [7, 11) is 0. The first kappa shape index (κ1) is 10.8. The molecule has 0 saturated heterocycles. The number of benzene rings is 1. The second-order valence-corrected chi connectivity index (χ2v) is 4.78. The van der Waals surface area contributed by atoms with E-state index in [-0.39, 0.29) is 0 Å². The van der Waals surface area contributed by atoms with Crippen molar-refractivity contribution in [2.45, 2.75) is 25.4 Å². The van der Waals surface area contributed by atoms with Gasteiger partial charge in [0.1, 0.15) is 5.69 Å². The van der Waals surface area contributed by atoms with Gasteiger partial charge in [-0.2, -0.15) is 0 Å². The van der Waals surface area contributed by atoms with Crippen molar-refractivity contribution < 1.29 is 4.52 Å². The molecule has 4 heteroatoms. The first-order valence-electron chi connectivity index (χ1n) is 5.76. The SMILES string of the molecule is Clc1cccc(-c2cc(CNC3CC3)on2)c1. The molecule has 0 radical (unpaired) electrons. The third-order valence-corrected chi connectivity index (χ3v) is 3.06. The molecule has 1 aromatic heterocycles. The number of rotatable bonds is 4. The topological polar surface area (TPSA) is 38.1 Å². The number of nitrogens with zero attached hydrogens (tertiary/aromatic N) is 1. The van der Waals surface area contributed by atoms with Crippen molar-refractivity contribution in [3.8, 4) is 11.3 Å². The molecule has 0 unspecified atom stereocenters. The molecule has 2 aromatic rings. The molecule has 0 bridgehead atoms. The fourth-order valence-corrected chi connectivity index (χ4v) is 1.90. The van der Waals surface area contributed by atoms with Crippen molar-refractivity contribution in [3.05, 3.63) is 41.1 Å². The average Bonchev–Trinajstić information content (AvgIpc) is 3.04. The van der Waals surface area contributed by atoms with E-state index in [0.717, 1.165) is 23.6 Å². The molecule has 0 atom stereocenters. The molecule has 3 rings (SSSR count). The van der Waals surface area contributed by atoms with E-state index in [1.165, 1.54) is 12.8 Å². The van der Waals surface area contributed by atoms with Crippen molar-refractivity contribution in [2.24, 2.45) is 0 Å². The monoisotopic (exact) mass is 248 g/mol. The average molecular weight is 249 g/mol. The van der Waals surface area contributed by atoms with Crippen LogP contribution in [0.1, 0.15) is 18.6 Å². The lowest BCUT2D eigenvalue weighted by atomic mass is 10.1. The first-order valence-corrected chi connectivity index (χ1v) is 6.14. The predicted molar refractivity (Wildman–Crippen MR) is 66.8 cm³/mol. The molecule has 1 heterocycles. The van der Waals surface area contributed by atoms with Crippen molar-refractivity contribution in [2.75, 3.05) is 0 Å². The summed E-state index contributed by atoms with van der Waals surface area (Å²) < 4.78 is 5.28. The zero-order valence-corrected chi connectivity index (χ0v) is 10.1. The van der Waals surface area contributed by atoms with Gasteiger partial charge in [-0.3, -0.25) is 0 Å². The Kier molecular flexibility index (Phi) is 2.87. The Morgan fingerprint density at radius 1 is 1.35 bits per heavy atom. The maximum absolute atomic E-state index is 5.94. The van der Waals surface area contributed by atoms with Crippen LogP contribution in [0.15, 0.2) is 34.9 Å². The highest BCUT2D eigenvalue weighted by atomic mass is 35.5. The minimum absolute atomic E-state index is 0.676. The van der Waals surface area contributed by atoms with Crippen LogP contribution >= 0.6 is 11.6 Å². The summed E-state index contributed by atoms with van der Waals surface area (Å²) in [6.45, 7) is 0.748. The Morgan fingerprint density at radius 2 is 2.24 bits per heavy atom. The maximum atomic E-state index is 5.94. The molecule has 1 aliphatic rings. The second-order valence-electron chi connectivity index (χ2n) is 4.34. The minimum Gasteiger partial charge on any atom is -0.359 e. The Hall–Kier alpha value is -1.32. The third-order valence-electron chi connectivity index (χ3n) is 2.82. The van der Waals surface area contributed by atoms with Gasteiger partial charge in [0.2, 0.25) is 0 Å². The fourth-order valence-electron chi connectivity index (χ4n) is 1.71. The summed E-state index contributed by atoms with van der Waals surface area (Å²) in [5, 5.41) is 8.15. The number of hydrogen-bond acceptors (Lipinski definition) is 3. The predicted octanol–water partition coefficient (Wildman–Crippen LogP) is 3.25. The van der Waals surface area contributed by atoms with Gasteiger partial charge in [-0.1, -0.05) is 28.9 Å². The Bertz CT molecular complexity index is 520. The van der Waals surface area contributed by atoms with Crippen LogP contribution in [-0.2, 0) is 6.54 Å². The molecular weight excluding hydrogens is 236 g/mol. The Balaban J connectivity index is 1.74. The van der Waals surface area contributed by atoms with E-state index >= 15 is 0 Å². The van der Waals surface area contributed by atoms with E-state index in [1.54, 1.807) is 0 Å². The molecule has 0 amide bonds. The van der Waals surface area contributed by atoms with Crippen LogP contribution in [-0.4, -0.2) is 11.2 Å². The molecule has 88 valence electrons. The summed E-state index contributed by atoms with van der Waals surface area (Å²) in [5.74, 6) is 0.867. The highest BCUT2D eigenvalue weighted by Crippen LogP contribution is 2.23. The van der Waals surface area contributed by atoms with E-state index in [1.807, 2.05) is 30.3 Å². The van der Waals surface area contributed by atoms with Crippen LogP contribution in [0.5, 0.6) is 0 Å². The molecule has 0 spiro atoms. The lowest BCUT2D eigenvalue weighted by molar-refractivity contribution is 0.374. The molecule has 1 saturated carbocycles. The number of nitrogens with one attached hydrogen (secondary N) is 1. The molecule has 0 aliphatic heterocycles. The van der Waals surface area contributed by atoms with E-state index in [0.29, 0.717) is 11.1 Å². The van der Waals surface area contributed by atoms with Gasteiger partial charge < -0.3 is 9.84 Å². The Labute approximate surface area is 105 Å². The van der Waals surface area contributed by atoms with Gasteiger partial charge in [0.15, 0.2) is 5.76 Å². The van der Waals surface area contributed by atoms with Gasteiger partial charge in [-0.05, 0) is 25.0 Å². The normalized spacial score (nSPS) is 15.1. The van der Waals surface area contributed by atoms with E-state index in [2.05, 4.69) is 10.5 Å². The van der Waals surface area contributed by atoms with Crippen LogP contribution in [0.2, 0.25) is 5.02 Å². The van der Waals surface area contributed by atoms with E-state index < -0.39 is 0 Å². The number of aromatic nitrogens is 1. The molecular formula is C13H13ClN2O. The van der Waals surface area contributed by atoms with E-state index in [4.69, 9.17) is 16.1 Å². The number of hydrogen-bond donors (Lipinski definition) is 1. The van der Waals surface area contributed by atoms with Gasteiger partial charge >= 0.3 is 0 Å². The highest BCUT2D eigenvalue weighted by molar-refractivity contribution is 6.30. The van der Waals surface area contributed by atoms with Crippen molar-refractivity contribution in [1.82, 2.24) is 10.5 Å². The van der Waals surface area contributed by atoms with Gasteiger partial charge in [-0.15, -0.1) is 0 Å². The van der Waals surface area contributed by atoms with Crippen LogP contribution in [0.3, 0.4) is 0 Å². The molecule has 1 aromatic carbocycles.